The molecule has 94 valence electrons. The number of aliphatic hydroxyl groups is 1. The Labute approximate surface area is 107 Å². The molecule has 0 aliphatic carbocycles. The highest BCUT2D eigenvalue weighted by atomic mass is 32.1. The topological polar surface area (TPSA) is 71.2 Å². The Kier molecular flexibility index (Phi) is 2.85. The van der Waals surface area contributed by atoms with Crippen molar-refractivity contribution in [2.45, 2.75) is 12.6 Å². The normalized spacial score (nSPS) is 15.7. The third kappa shape index (κ3) is 1.91. The maximum absolute atomic E-state index is 12.0. The zero-order valence-electron chi connectivity index (χ0n) is 9.56. The van der Waals surface area contributed by atoms with Crippen molar-refractivity contribution in [2.75, 3.05) is 13.1 Å². The predicted octanol–water partition coefficient (Wildman–Crippen LogP) is 0.529. The SMILES string of the molecule is O=C(c1cccs1)N1CC(n2cc(CO)nn2)C1. The van der Waals surface area contributed by atoms with E-state index in [4.69, 9.17) is 5.11 Å². The summed E-state index contributed by atoms with van der Waals surface area (Å²) in [4.78, 5) is 14.5. The molecule has 2 aromatic rings. The van der Waals surface area contributed by atoms with Gasteiger partial charge in [0.2, 0.25) is 0 Å². The molecule has 0 unspecified atom stereocenters. The Hall–Kier alpha value is -1.73. The van der Waals surface area contributed by atoms with Gasteiger partial charge in [-0.2, -0.15) is 0 Å². The number of thiophene rings is 1. The van der Waals surface area contributed by atoms with E-state index in [1.165, 1.54) is 11.3 Å². The Morgan fingerprint density at radius 1 is 1.56 bits per heavy atom. The van der Waals surface area contributed by atoms with Crippen molar-refractivity contribution in [2.24, 2.45) is 0 Å². The minimum absolute atomic E-state index is 0.0729. The van der Waals surface area contributed by atoms with Crippen LogP contribution in [0.25, 0.3) is 0 Å². The lowest BCUT2D eigenvalue weighted by Crippen LogP contribution is -2.50. The molecular weight excluding hydrogens is 252 g/mol. The van der Waals surface area contributed by atoms with Crippen LogP contribution >= 0.6 is 11.3 Å². The standard InChI is InChI=1S/C11H12N4O2S/c16-7-8-4-15(13-12-8)9-5-14(6-9)11(17)10-2-1-3-18-10/h1-4,9,16H,5-7H2. The lowest BCUT2D eigenvalue weighted by Gasteiger charge is -2.38. The number of hydrogen-bond acceptors (Lipinski definition) is 5. The van der Waals surface area contributed by atoms with Crippen LogP contribution in [0.2, 0.25) is 0 Å². The molecule has 0 radical (unpaired) electrons. The van der Waals surface area contributed by atoms with Gasteiger partial charge >= 0.3 is 0 Å². The predicted molar refractivity (Wildman–Crippen MR) is 65.2 cm³/mol. The van der Waals surface area contributed by atoms with Gasteiger partial charge in [-0.15, -0.1) is 16.4 Å². The fourth-order valence-electron chi connectivity index (χ4n) is 1.91. The van der Waals surface area contributed by atoms with E-state index >= 15 is 0 Å². The first kappa shape index (κ1) is 11.4. The summed E-state index contributed by atoms with van der Waals surface area (Å²) in [6.45, 7) is 1.18. The molecule has 1 fully saturated rings. The Morgan fingerprint density at radius 3 is 3.00 bits per heavy atom. The van der Waals surface area contributed by atoms with Crippen LogP contribution in [0.3, 0.4) is 0 Å². The monoisotopic (exact) mass is 264 g/mol. The molecule has 0 spiro atoms. The summed E-state index contributed by atoms with van der Waals surface area (Å²) in [5.41, 5.74) is 0.554. The van der Waals surface area contributed by atoms with E-state index in [-0.39, 0.29) is 18.6 Å². The molecule has 1 amide bonds. The Bertz CT molecular complexity index is 545. The number of rotatable bonds is 3. The van der Waals surface area contributed by atoms with Crippen molar-refractivity contribution in [3.05, 3.63) is 34.3 Å². The molecule has 1 aliphatic heterocycles. The van der Waals surface area contributed by atoms with E-state index in [0.29, 0.717) is 18.8 Å². The van der Waals surface area contributed by atoms with Crippen molar-refractivity contribution in [3.8, 4) is 0 Å². The third-order valence-electron chi connectivity index (χ3n) is 2.98. The Balaban J connectivity index is 1.61. The number of carbonyl (C=O) groups is 1. The van der Waals surface area contributed by atoms with Gasteiger partial charge in [0.15, 0.2) is 0 Å². The number of aromatic nitrogens is 3. The zero-order chi connectivity index (χ0) is 12.5. The minimum atomic E-state index is -0.107. The number of carbonyl (C=O) groups excluding carboxylic acids is 1. The van der Waals surface area contributed by atoms with Gasteiger partial charge in [-0.05, 0) is 11.4 Å². The van der Waals surface area contributed by atoms with E-state index in [2.05, 4.69) is 10.3 Å². The van der Waals surface area contributed by atoms with Crippen molar-refractivity contribution in [1.29, 1.82) is 0 Å². The lowest BCUT2D eigenvalue weighted by atomic mass is 10.1. The van der Waals surface area contributed by atoms with E-state index in [0.717, 1.165) is 4.88 Å². The van der Waals surface area contributed by atoms with Gasteiger partial charge in [-0.3, -0.25) is 4.79 Å². The van der Waals surface area contributed by atoms with Gasteiger partial charge < -0.3 is 10.0 Å². The average Bonchev–Trinajstić information content (AvgIpc) is 2.98. The zero-order valence-corrected chi connectivity index (χ0v) is 10.4. The van der Waals surface area contributed by atoms with Crippen LogP contribution in [0.15, 0.2) is 23.7 Å². The van der Waals surface area contributed by atoms with Crippen molar-refractivity contribution < 1.29 is 9.90 Å². The van der Waals surface area contributed by atoms with Crippen molar-refractivity contribution in [3.63, 3.8) is 0 Å². The first-order valence-electron chi connectivity index (χ1n) is 5.62. The maximum Gasteiger partial charge on any atom is 0.264 e. The number of nitrogens with zero attached hydrogens (tertiary/aromatic N) is 4. The summed E-state index contributed by atoms with van der Waals surface area (Å²) >= 11 is 1.45. The molecule has 0 aromatic carbocycles. The van der Waals surface area contributed by atoms with E-state index in [1.807, 2.05) is 17.5 Å². The quantitative estimate of drug-likeness (QED) is 0.877. The minimum Gasteiger partial charge on any atom is -0.390 e. The molecule has 1 aliphatic rings. The molecule has 1 saturated heterocycles. The van der Waals surface area contributed by atoms with Crippen LogP contribution in [0, 0.1) is 0 Å². The fraction of sp³-hybridized carbons (Fsp3) is 0.364. The summed E-state index contributed by atoms with van der Waals surface area (Å²) in [6.07, 6.45) is 1.72. The van der Waals surface area contributed by atoms with Gasteiger partial charge in [0, 0.05) is 13.1 Å². The number of aliphatic hydroxyl groups excluding tert-OH is 1. The van der Waals surface area contributed by atoms with Gasteiger partial charge in [0.05, 0.1) is 23.7 Å². The highest BCUT2D eigenvalue weighted by molar-refractivity contribution is 7.12. The largest absolute Gasteiger partial charge is 0.390 e. The lowest BCUT2D eigenvalue weighted by molar-refractivity contribution is 0.0503. The van der Waals surface area contributed by atoms with Gasteiger partial charge in [-0.25, -0.2) is 4.68 Å². The second-order valence-corrected chi connectivity index (χ2v) is 5.14. The van der Waals surface area contributed by atoms with Crippen LogP contribution in [-0.2, 0) is 6.61 Å². The molecule has 0 saturated carbocycles. The van der Waals surface area contributed by atoms with Crippen LogP contribution in [0.5, 0.6) is 0 Å². The molecule has 2 aromatic heterocycles. The molecule has 6 nitrogen and oxygen atoms in total. The van der Waals surface area contributed by atoms with Crippen molar-refractivity contribution in [1.82, 2.24) is 19.9 Å². The van der Waals surface area contributed by atoms with Gasteiger partial charge in [0.25, 0.3) is 5.91 Å². The molecule has 18 heavy (non-hydrogen) atoms. The third-order valence-corrected chi connectivity index (χ3v) is 3.83. The average molecular weight is 264 g/mol. The highest BCUT2D eigenvalue weighted by Gasteiger charge is 2.33. The molecule has 7 heteroatoms. The van der Waals surface area contributed by atoms with E-state index in [9.17, 15) is 4.79 Å². The summed E-state index contributed by atoms with van der Waals surface area (Å²) in [5.74, 6) is 0.0729. The van der Waals surface area contributed by atoms with E-state index in [1.54, 1.807) is 15.8 Å². The van der Waals surface area contributed by atoms with Gasteiger partial charge in [0.1, 0.15) is 5.69 Å². The van der Waals surface area contributed by atoms with E-state index < -0.39 is 0 Å². The summed E-state index contributed by atoms with van der Waals surface area (Å²) in [5, 5.41) is 18.6. The van der Waals surface area contributed by atoms with Crippen LogP contribution < -0.4 is 0 Å². The van der Waals surface area contributed by atoms with Crippen LogP contribution in [0.4, 0.5) is 0 Å². The molecular formula is C11H12N4O2S. The molecule has 0 atom stereocenters. The maximum atomic E-state index is 12.0. The molecule has 1 N–H and O–H groups in total. The summed E-state index contributed by atoms with van der Waals surface area (Å²) < 4.78 is 1.71. The molecule has 0 bridgehead atoms. The summed E-state index contributed by atoms with van der Waals surface area (Å²) in [6, 6.07) is 3.88. The number of likely N-dealkylation sites (tertiary alicyclic amines) is 1. The molecule has 3 heterocycles. The number of amides is 1. The highest BCUT2D eigenvalue weighted by Crippen LogP contribution is 2.24. The van der Waals surface area contributed by atoms with Crippen molar-refractivity contribution >= 4 is 17.2 Å². The number of hydrogen-bond donors (Lipinski definition) is 1. The first-order chi connectivity index (χ1) is 8.78. The first-order valence-corrected chi connectivity index (χ1v) is 6.50. The Morgan fingerprint density at radius 2 is 2.39 bits per heavy atom. The van der Waals surface area contributed by atoms with Gasteiger partial charge in [-0.1, -0.05) is 11.3 Å². The molecule has 3 rings (SSSR count). The summed E-state index contributed by atoms with van der Waals surface area (Å²) in [7, 11) is 0. The van der Waals surface area contributed by atoms with Crippen LogP contribution in [0.1, 0.15) is 21.4 Å². The fourth-order valence-corrected chi connectivity index (χ4v) is 2.60. The smallest absolute Gasteiger partial charge is 0.264 e. The second-order valence-electron chi connectivity index (χ2n) is 4.19. The van der Waals surface area contributed by atoms with Crippen LogP contribution in [-0.4, -0.2) is 44.0 Å². The second kappa shape index (κ2) is 4.51.